The molecule has 0 radical (unpaired) electrons. The molecular formula is C25H35N5OSi. The van der Waals surface area contributed by atoms with E-state index < -0.39 is 8.32 Å². The SMILES string of the molecule is Cc1c(-c2cnc3c(c2)CN(CCO[Si](C)(C)C(C)(C)C)C3)nn(-c2ccccc2)c1N. The normalized spacial score (nSPS) is 14.7. The van der Waals surface area contributed by atoms with Crippen molar-refractivity contribution in [2.45, 2.75) is 58.9 Å². The topological polar surface area (TPSA) is 69.2 Å². The molecule has 0 unspecified atom stereocenters. The minimum absolute atomic E-state index is 0.236. The lowest BCUT2D eigenvalue weighted by Crippen LogP contribution is -2.42. The molecule has 32 heavy (non-hydrogen) atoms. The summed E-state index contributed by atoms with van der Waals surface area (Å²) < 4.78 is 8.18. The van der Waals surface area contributed by atoms with Crippen molar-refractivity contribution >= 4 is 14.1 Å². The Morgan fingerprint density at radius 2 is 1.84 bits per heavy atom. The van der Waals surface area contributed by atoms with Crippen molar-refractivity contribution in [2.24, 2.45) is 0 Å². The van der Waals surface area contributed by atoms with Gasteiger partial charge in [-0.25, -0.2) is 4.68 Å². The Kier molecular flexibility index (Phi) is 6.00. The minimum Gasteiger partial charge on any atom is -0.416 e. The summed E-state index contributed by atoms with van der Waals surface area (Å²) in [6.45, 7) is 16.9. The third-order valence-electron chi connectivity index (χ3n) is 6.95. The van der Waals surface area contributed by atoms with E-state index in [9.17, 15) is 0 Å². The average molecular weight is 450 g/mol. The summed E-state index contributed by atoms with van der Waals surface area (Å²) in [5, 5.41) is 5.05. The number of hydrogen-bond acceptors (Lipinski definition) is 5. The maximum atomic E-state index is 6.39. The third kappa shape index (κ3) is 4.37. The summed E-state index contributed by atoms with van der Waals surface area (Å²) in [7, 11) is -1.71. The molecule has 2 aromatic heterocycles. The maximum absolute atomic E-state index is 6.39. The van der Waals surface area contributed by atoms with Gasteiger partial charge in [-0.2, -0.15) is 5.10 Å². The van der Waals surface area contributed by atoms with Gasteiger partial charge in [-0.1, -0.05) is 39.0 Å². The molecule has 7 heteroatoms. The molecule has 1 aliphatic heterocycles. The van der Waals surface area contributed by atoms with Crippen LogP contribution in [0.15, 0.2) is 42.6 Å². The number of para-hydroxylation sites is 1. The van der Waals surface area contributed by atoms with Crippen LogP contribution in [0.3, 0.4) is 0 Å². The third-order valence-corrected chi connectivity index (χ3v) is 11.5. The van der Waals surface area contributed by atoms with Gasteiger partial charge in [-0.3, -0.25) is 9.88 Å². The number of benzene rings is 1. The molecule has 0 atom stereocenters. The van der Waals surface area contributed by atoms with Crippen molar-refractivity contribution in [3.63, 3.8) is 0 Å². The number of hydrogen-bond donors (Lipinski definition) is 1. The second-order valence-electron chi connectivity index (χ2n) is 10.3. The van der Waals surface area contributed by atoms with E-state index in [1.807, 2.05) is 48.1 Å². The van der Waals surface area contributed by atoms with E-state index in [4.69, 9.17) is 20.2 Å². The van der Waals surface area contributed by atoms with Gasteiger partial charge in [-0.05, 0) is 48.8 Å². The van der Waals surface area contributed by atoms with Crippen molar-refractivity contribution in [1.29, 1.82) is 0 Å². The zero-order valence-corrected chi connectivity index (χ0v) is 21.1. The average Bonchev–Trinajstić information content (AvgIpc) is 3.28. The Labute approximate surface area is 192 Å². The summed E-state index contributed by atoms with van der Waals surface area (Å²) in [6, 6.07) is 12.2. The molecule has 1 aliphatic rings. The van der Waals surface area contributed by atoms with E-state index in [2.05, 4.69) is 44.8 Å². The fraction of sp³-hybridized carbons (Fsp3) is 0.440. The monoisotopic (exact) mass is 449 g/mol. The van der Waals surface area contributed by atoms with E-state index in [-0.39, 0.29) is 5.04 Å². The smallest absolute Gasteiger partial charge is 0.192 e. The van der Waals surface area contributed by atoms with Crippen LogP contribution in [-0.2, 0) is 17.5 Å². The molecule has 0 aliphatic carbocycles. The van der Waals surface area contributed by atoms with Crippen molar-refractivity contribution in [3.8, 4) is 16.9 Å². The van der Waals surface area contributed by atoms with Gasteiger partial charge in [0.05, 0.1) is 17.1 Å². The quantitative estimate of drug-likeness (QED) is 0.526. The molecule has 0 spiro atoms. The van der Waals surface area contributed by atoms with Crippen molar-refractivity contribution < 1.29 is 4.43 Å². The zero-order chi connectivity index (χ0) is 23.1. The van der Waals surface area contributed by atoms with Crippen LogP contribution in [0.5, 0.6) is 0 Å². The van der Waals surface area contributed by atoms with Crippen LogP contribution in [0.2, 0.25) is 18.1 Å². The summed E-state index contributed by atoms with van der Waals surface area (Å²) in [4.78, 5) is 7.19. The highest BCUT2D eigenvalue weighted by atomic mass is 28.4. The van der Waals surface area contributed by atoms with Gasteiger partial charge >= 0.3 is 0 Å². The molecule has 3 aromatic rings. The Morgan fingerprint density at radius 3 is 2.53 bits per heavy atom. The highest BCUT2D eigenvalue weighted by molar-refractivity contribution is 6.74. The van der Waals surface area contributed by atoms with Crippen LogP contribution in [0.1, 0.15) is 37.6 Å². The summed E-state index contributed by atoms with van der Waals surface area (Å²) in [6.07, 6.45) is 1.93. The Bertz CT molecular complexity index is 1100. The second kappa shape index (κ2) is 8.46. The van der Waals surface area contributed by atoms with Gasteiger partial charge in [0.1, 0.15) is 5.82 Å². The number of nitrogens with zero attached hydrogens (tertiary/aromatic N) is 4. The molecule has 1 aromatic carbocycles. The molecule has 0 saturated heterocycles. The van der Waals surface area contributed by atoms with E-state index in [1.54, 1.807) is 0 Å². The highest BCUT2D eigenvalue weighted by Gasteiger charge is 2.37. The number of pyridine rings is 1. The fourth-order valence-corrected chi connectivity index (χ4v) is 4.84. The summed E-state index contributed by atoms with van der Waals surface area (Å²) >= 11 is 0. The van der Waals surface area contributed by atoms with Crippen LogP contribution < -0.4 is 5.73 Å². The molecular weight excluding hydrogens is 414 g/mol. The van der Waals surface area contributed by atoms with Crippen molar-refractivity contribution in [2.75, 3.05) is 18.9 Å². The van der Waals surface area contributed by atoms with Gasteiger partial charge in [0.25, 0.3) is 0 Å². The van der Waals surface area contributed by atoms with Gasteiger partial charge in [0.15, 0.2) is 8.32 Å². The predicted molar refractivity (Wildman–Crippen MR) is 133 cm³/mol. The largest absolute Gasteiger partial charge is 0.416 e. The van der Waals surface area contributed by atoms with Crippen molar-refractivity contribution in [1.82, 2.24) is 19.7 Å². The van der Waals surface area contributed by atoms with Crippen molar-refractivity contribution in [3.05, 3.63) is 59.4 Å². The summed E-state index contributed by atoms with van der Waals surface area (Å²) in [5.74, 6) is 0.663. The molecule has 0 amide bonds. The molecule has 6 nitrogen and oxygen atoms in total. The first kappa shape index (κ1) is 22.7. The van der Waals surface area contributed by atoms with Crippen LogP contribution in [0, 0.1) is 6.92 Å². The summed E-state index contributed by atoms with van der Waals surface area (Å²) in [5.41, 5.74) is 12.6. The fourth-order valence-electron chi connectivity index (χ4n) is 3.81. The van der Waals surface area contributed by atoms with Gasteiger partial charge in [0.2, 0.25) is 0 Å². The first-order valence-electron chi connectivity index (χ1n) is 11.3. The number of anilines is 1. The molecule has 0 bridgehead atoms. The highest BCUT2D eigenvalue weighted by Crippen LogP contribution is 2.36. The molecule has 3 heterocycles. The Hall–Kier alpha value is -2.48. The zero-order valence-electron chi connectivity index (χ0n) is 20.1. The standard InChI is InChI=1S/C25H35N5OSi/c1-18-23(28-30(24(18)26)21-10-8-7-9-11-21)19-14-20-16-29(17-22(20)27-15-19)12-13-31-32(5,6)25(2,3)4/h7-11,14-15H,12-13,16-17,26H2,1-6H3. The van der Waals surface area contributed by atoms with Gasteiger partial charge in [0, 0.05) is 43.6 Å². The van der Waals surface area contributed by atoms with E-state index in [0.29, 0.717) is 5.82 Å². The molecule has 0 saturated carbocycles. The van der Waals surface area contributed by atoms with Crippen LogP contribution >= 0.6 is 0 Å². The van der Waals surface area contributed by atoms with Crippen LogP contribution in [-0.4, -0.2) is 41.1 Å². The first-order valence-corrected chi connectivity index (χ1v) is 14.2. The van der Waals surface area contributed by atoms with E-state index in [0.717, 1.165) is 54.4 Å². The number of nitrogens with two attached hydrogens (primary N) is 1. The Balaban J connectivity index is 1.47. The number of rotatable bonds is 6. The lowest BCUT2D eigenvalue weighted by Gasteiger charge is -2.36. The van der Waals surface area contributed by atoms with Gasteiger partial charge < -0.3 is 10.2 Å². The first-order chi connectivity index (χ1) is 15.1. The number of aromatic nitrogens is 3. The molecule has 170 valence electrons. The predicted octanol–water partition coefficient (Wildman–Crippen LogP) is 5.16. The number of fused-ring (bicyclic) bond motifs is 1. The Morgan fingerprint density at radius 1 is 1.12 bits per heavy atom. The van der Waals surface area contributed by atoms with E-state index >= 15 is 0 Å². The van der Waals surface area contributed by atoms with Gasteiger partial charge in [-0.15, -0.1) is 0 Å². The lowest BCUT2D eigenvalue weighted by molar-refractivity contribution is 0.199. The lowest BCUT2D eigenvalue weighted by atomic mass is 10.1. The minimum atomic E-state index is -1.71. The second-order valence-corrected chi connectivity index (χ2v) is 15.1. The van der Waals surface area contributed by atoms with E-state index in [1.165, 1.54) is 5.56 Å². The van der Waals surface area contributed by atoms with Crippen LogP contribution in [0.4, 0.5) is 5.82 Å². The number of nitrogen functional groups attached to an aromatic ring is 1. The molecule has 0 fully saturated rings. The maximum Gasteiger partial charge on any atom is 0.192 e. The molecule has 2 N–H and O–H groups in total. The van der Waals surface area contributed by atoms with Crippen LogP contribution in [0.25, 0.3) is 16.9 Å². The molecule has 4 rings (SSSR count).